The van der Waals surface area contributed by atoms with Crippen LogP contribution in [0, 0.1) is 0 Å². The lowest BCUT2D eigenvalue weighted by Gasteiger charge is -2.03. The Labute approximate surface area is 109 Å². The monoisotopic (exact) mass is 237 g/mol. The molecule has 0 bridgehead atoms. The minimum Gasteiger partial charge on any atom is -0.316 e. The Morgan fingerprint density at radius 1 is 0.944 bits per heavy atom. The molecule has 0 amide bonds. The molecule has 1 heteroatoms. The normalized spacial score (nSPS) is 11.6. The van der Waals surface area contributed by atoms with Gasteiger partial charge in [-0.15, -0.1) is 0 Å². The van der Waals surface area contributed by atoms with Crippen LogP contribution < -0.4 is 5.32 Å². The summed E-state index contributed by atoms with van der Waals surface area (Å²) < 4.78 is 0. The van der Waals surface area contributed by atoms with E-state index in [-0.39, 0.29) is 0 Å². The maximum atomic E-state index is 3.16. The van der Waals surface area contributed by atoms with E-state index < -0.39 is 0 Å². The molecular formula is C17H19N. The van der Waals surface area contributed by atoms with Crippen LogP contribution in [0.25, 0.3) is 17.2 Å². The maximum Gasteiger partial charge on any atom is 0.0162 e. The predicted octanol–water partition coefficient (Wildman–Crippen LogP) is 3.98. The first-order chi connectivity index (χ1) is 8.79. The molecule has 0 aromatic heterocycles. The van der Waals surface area contributed by atoms with Gasteiger partial charge < -0.3 is 5.32 Å². The zero-order chi connectivity index (χ0) is 12.8. The Morgan fingerprint density at radius 3 is 2.17 bits per heavy atom. The Balaban J connectivity index is 2.18. The topological polar surface area (TPSA) is 12.0 Å². The third-order valence-electron chi connectivity index (χ3n) is 2.89. The molecule has 18 heavy (non-hydrogen) atoms. The van der Waals surface area contributed by atoms with Crippen molar-refractivity contribution in [2.75, 3.05) is 13.6 Å². The molecule has 92 valence electrons. The van der Waals surface area contributed by atoms with Gasteiger partial charge in [0.15, 0.2) is 0 Å². The van der Waals surface area contributed by atoms with Gasteiger partial charge >= 0.3 is 0 Å². The Kier molecular flexibility index (Phi) is 4.32. The largest absolute Gasteiger partial charge is 0.316 e. The van der Waals surface area contributed by atoms with Crippen LogP contribution in [0.5, 0.6) is 0 Å². The average molecular weight is 237 g/mol. The molecule has 0 saturated heterocycles. The van der Waals surface area contributed by atoms with E-state index in [1.165, 1.54) is 22.3 Å². The fourth-order valence-electron chi connectivity index (χ4n) is 2.02. The molecule has 1 N–H and O–H groups in total. The summed E-state index contributed by atoms with van der Waals surface area (Å²) in [5.74, 6) is 0. The summed E-state index contributed by atoms with van der Waals surface area (Å²) in [6.45, 7) is 3.07. The van der Waals surface area contributed by atoms with E-state index in [1.807, 2.05) is 13.1 Å². The second-order valence-electron chi connectivity index (χ2n) is 4.51. The highest BCUT2D eigenvalue weighted by atomic mass is 14.8. The first-order valence-corrected chi connectivity index (χ1v) is 6.27. The van der Waals surface area contributed by atoms with Gasteiger partial charge in [0.2, 0.25) is 0 Å². The van der Waals surface area contributed by atoms with Crippen LogP contribution >= 0.6 is 0 Å². The van der Waals surface area contributed by atoms with Crippen LogP contribution in [0.2, 0.25) is 0 Å². The minimum absolute atomic E-state index is 0.931. The van der Waals surface area contributed by atoms with Crippen LogP contribution in [0.15, 0.2) is 60.2 Å². The van der Waals surface area contributed by atoms with Crippen molar-refractivity contribution in [3.05, 3.63) is 65.7 Å². The Bertz CT molecular complexity index is 509. The molecule has 2 aromatic carbocycles. The molecule has 0 unspecified atom stereocenters. The highest BCUT2D eigenvalue weighted by Gasteiger charge is 1.96. The molecule has 0 aliphatic heterocycles. The molecular weight excluding hydrogens is 218 g/mol. The molecule has 2 aromatic rings. The zero-order valence-electron chi connectivity index (χ0n) is 11.0. The van der Waals surface area contributed by atoms with Crippen LogP contribution in [-0.4, -0.2) is 13.6 Å². The van der Waals surface area contributed by atoms with E-state index in [0.29, 0.717) is 0 Å². The fraction of sp³-hybridized carbons (Fsp3) is 0.176. The van der Waals surface area contributed by atoms with E-state index in [1.54, 1.807) is 0 Å². The third kappa shape index (κ3) is 3.31. The summed E-state index contributed by atoms with van der Waals surface area (Å²) in [5, 5.41) is 3.16. The number of hydrogen-bond donors (Lipinski definition) is 1. The highest BCUT2D eigenvalue weighted by molar-refractivity contribution is 5.65. The summed E-state index contributed by atoms with van der Waals surface area (Å²) in [5.41, 5.74) is 5.12. The summed E-state index contributed by atoms with van der Waals surface area (Å²) in [6.07, 6.45) is 2.21. The predicted molar refractivity (Wildman–Crippen MR) is 79.5 cm³/mol. The molecule has 2 rings (SSSR count). The molecule has 0 fully saturated rings. The van der Waals surface area contributed by atoms with Crippen LogP contribution in [0.1, 0.15) is 12.5 Å². The van der Waals surface area contributed by atoms with Crippen LogP contribution in [0.3, 0.4) is 0 Å². The van der Waals surface area contributed by atoms with Crippen molar-refractivity contribution in [1.29, 1.82) is 0 Å². The van der Waals surface area contributed by atoms with E-state index in [9.17, 15) is 0 Å². The summed E-state index contributed by atoms with van der Waals surface area (Å²) >= 11 is 0. The van der Waals surface area contributed by atoms with Gasteiger partial charge in [0, 0.05) is 6.54 Å². The number of rotatable bonds is 4. The van der Waals surface area contributed by atoms with Gasteiger partial charge in [-0.3, -0.25) is 0 Å². The standard InChI is InChI=1S/C17H19N/c1-14(13-18-2)12-15-8-10-17(11-9-15)16-6-4-3-5-7-16/h3-12,18H,13H2,1-2H3. The van der Waals surface area contributed by atoms with E-state index in [4.69, 9.17) is 0 Å². The molecule has 0 spiro atoms. The van der Waals surface area contributed by atoms with Crippen LogP contribution in [-0.2, 0) is 0 Å². The first-order valence-electron chi connectivity index (χ1n) is 6.27. The van der Waals surface area contributed by atoms with Gasteiger partial charge in [0.1, 0.15) is 0 Å². The van der Waals surface area contributed by atoms with E-state index in [2.05, 4.69) is 66.8 Å². The van der Waals surface area contributed by atoms with Crippen molar-refractivity contribution >= 4 is 6.08 Å². The van der Waals surface area contributed by atoms with Gasteiger partial charge in [-0.2, -0.15) is 0 Å². The van der Waals surface area contributed by atoms with Crippen LogP contribution in [0.4, 0.5) is 0 Å². The van der Waals surface area contributed by atoms with E-state index >= 15 is 0 Å². The maximum absolute atomic E-state index is 3.16. The van der Waals surface area contributed by atoms with Gasteiger partial charge in [0.05, 0.1) is 0 Å². The summed E-state index contributed by atoms with van der Waals surface area (Å²) in [6, 6.07) is 19.1. The van der Waals surface area contributed by atoms with Crippen molar-refractivity contribution in [2.45, 2.75) is 6.92 Å². The summed E-state index contributed by atoms with van der Waals surface area (Å²) in [4.78, 5) is 0. The van der Waals surface area contributed by atoms with Gasteiger partial charge in [-0.25, -0.2) is 0 Å². The fourth-order valence-corrected chi connectivity index (χ4v) is 2.02. The molecule has 1 nitrogen and oxygen atoms in total. The van der Waals surface area contributed by atoms with Gasteiger partial charge in [0.25, 0.3) is 0 Å². The number of likely N-dealkylation sites (N-methyl/N-ethyl adjacent to an activating group) is 1. The average Bonchev–Trinajstić information content (AvgIpc) is 2.41. The molecule has 0 radical (unpaired) electrons. The number of hydrogen-bond acceptors (Lipinski definition) is 1. The van der Waals surface area contributed by atoms with Crippen molar-refractivity contribution in [1.82, 2.24) is 5.32 Å². The van der Waals surface area contributed by atoms with Crippen molar-refractivity contribution < 1.29 is 0 Å². The molecule has 0 aliphatic carbocycles. The zero-order valence-corrected chi connectivity index (χ0v) is 11.0. The highest BCUT2D eigenvalue weighted by Crippen LogP contribution is 2.20. The molecule has 0 atom stereocenters. The van der Waals surface area contributed by atoms with Crippen molar-refractivity contribution in [3.63, 3.8) is 0 Å². The molecule has 0 saturated carbocycles. The lowest BCUT2D eigenvalue weighted by atomic mass is 10.0. The SMILES string of the molecule is CNCC(C)=Cc1ccc(-c2ccccc2)cc1. The van der Waals surface area contributed by atoms with Gasteiger partial charge in [-0.1, -0.05) is 66.2 Å². The van der Waals surface area contributed by atoms with Crippen molar-refractivity contribution in [2.24, 2.45) is 0 Å². The quantitative estimate of drug-likeness (QED) is 0.848. The first kappa shape index (κ1) is 12.6. The molecule has 0 heterocycles. The lowest BCUT2D eigenvalue weighted by molar-refractivity contribution is 0.884. The van der Waals surface area contributed by atoms with Crippen molar-refractivity contribution in [3.8, 4) is 11.1 Å². The number of benzene rings is 2. The smallest absolute Gasteiger partial charge is 0.0162 e. The summed E-state index contributed by atoms with van der Waals surface area (Å²) in [7, 11) is 1.97. The second-order valence-corrected chi connectivity index (χ2v) is 4.51. The molecule has 0 aliphatic rings. The third-order valence-corrected chi connectivity index (χ3v) is 2.89. The second kappa shape index (κ2) is 6.18. The lowest BCUT2D eigenvalue weighted by Crippen LogP contribution is -2.08. The Hall–Kier alpha value is -1.86. The van der Waals surface area contributed by atoms with Gasteiger partial charge in [-0.05, 0) is 30.7 Å². The minimum atomic E-state index is 0.931. The Morgan fingerprint density at radius 2 is 1.56 bits per heavy atom. The number of nitrogens with one attached hydrogen (secondary N) is 1. The van der Waals surface area contributed by atoms with E-state index in [0.717, 1.165) is 6.54 Å².